The highest BCUT2D eigenvalue weighted by Crippen LogP contribution is 2.26. The van der Waals surface area contributed by atoms with Crippen molar-refractivity contribution in [3.05, 3.63) is 57.6 Å². The Morgan fingerprint density at radius 1 is 1.08 bits per heavy atom. The predicted octanol–water partition coefficient (Wildman–Crippen LogP) is 3.40. The molecule has 0 aromatic heterocycles. The Hall–Kier alpha value is -2.67. The topological polar surface area (TPSA) is 82.6 Å². The van der Waals surface area contributed by atoms with Gasteiger partial charge in [0.15, 0.2) is 0 Å². The number of likely N-dealkylation sites (N-methyl/N-ethyl adjacent to an activating group) is 1. The van der Waals surface area contributed by atoms with Gasteiger partial charge in [0.05, 0.1) is 6.21 Å². The molecule has 0 aliphatic carbocycles. The van der Waals surface area contributed by atoms with Crippen molar-refractivity contribution in [1.82, 2.24) is 10.7 Å². The molecule has 2 rings (SSSR count). The van der Waals surface area contributed by atoms with Crippen LogP contribution in [0.4, 0.5) is 11.4 Å². The van der Waals surface area contributed by atoms with E-state index in [1.807, 2.05) is 32.0 Å². The van der Waals surface area contributed by atoms with E-state index in [4.69, 9.17) is 0 Å². The fourth-order valence-electron chi connectivity index (χ4n) is 2.22. The van der Waals surface area contributed by atoms with Gasteiger partial charge in [-0.05, 0) is 56.2 Å². The first kappa shape index (κ1) is 19.7. The maximum atomic E-state index is 11.6. The van der Waals surface area contributed by atoms with Crippen molar-refractivity contribution >= 4 is 45.3 Å². The monoisotopic (exact) mass is 416 g/mol. The number of benzene rings is 2. The molecule has 2 amide bonds. The number of aryl methyl sites for hydroxylation is 2. The summed E-state index contributed by atoms with van der Waals surface area (Å²) in [5.74, 6) is -1.52. The number of hydrogen-bond donors (Lipinski definition) is 3. The Labute approximate surface area is 161 Å². The maximum absolute atomic E-state index is 11.6. The van der Waals surface area contributed by atoms with Gasteiger partial charge in [0.25, 0.3) is 0 Å². The lowest BCUT2D eigenvalue weighted by Crippen LogP contribution is -2.37. The quantitative estimate of drug-likeness (QED) is 0.396. The molecule has 0 saturated carbocycles. The van der Waals surface area contributed by atoms with Gasteiger partial charge >= 0.3 is 11.8 Å². The van der Waals surface area contributed by atoms with E-state index in [-0.39, 0.29) is 0 Å². The molecule has 2 aromatic rings. The number of hydrazone groups is 1. The third kappa shape index (κ3) is 5.42. The lowest BCUT2D eigenvalue weighted by atomic mass is 10.1. The van der Waals surface area contributed by atoms with Crippen LogP contribution in [0.3, 0.4) is 0 Å². The number of hydrogen-bond acceptors (Lipinski definition) is 4. The molecule has 0 unspecified atom stereocenters. The van der Waals surface area contributed by atoms with Crippen LogP contribution in [-0.2, 0) is 9.59 Å². The van der Waals surface area contributed by atoms with E-state index in [1.165, 1.54) is 6.21 Å². The minimum Gasteiger partial charge on any atom is -0.355 e. The molecule has 0 heterocycles. The van der Waals surface area contributed by atoms with Crippen molar-refractivity contribution in [2.45, 2.75) is 20.8 Å². The first-order valence-corrected chi connectivity index (χ1v) is 8.95. The lowest BCUT2D eigenvalue weighted by molar-refractivity contribution is -0.139. The second kappa shape index (κ2) is 9.15. The standard InChI is InChI=1S/C19H21BrN4O2/c1-4-21-18(25)19(26)24-22-11-14-10-15(20)7-8-16(14)23-17-9-12(2)5-6-13(17)3/h5-11,23H,4H2,1-3H3,(H,21,25)(H,24,26)/b22-11-. The number of anilines is 2. The van der Waals surface area contributed by atoms with E-state index >= 15 is 0 Å². The van der Waals surface area contributed by atoms with E-state index in [0.717, 1.165) is 32.5 Å². The molecule has 0 fully saturated rings. The van der Waals surface area contributed by atoms with E-state index in [2.05, 4.69) is 55.3 Å². The Morgan fingerprint density at radius 3 is 2.58 bits per heavy atom. The molecule has 0 aliphatic heterocycles. The van der Waals surface area contributed by atoms with Crippen LogP contribution < -0.4 is 16.1 Å². The molecule has 0 spiro atoms. The van der Waals surface area contributed by atoms with Crippen molar-refractivity contribution in [3.8, 4) is 0 Å². The minimum absolute atomic E-state index is 0.380. The average Bonchev–Trinajstić information content (AvgIpc) is 2.60. The average molecular weight is 417 g/mol. The van der Waals surface area contributed by atoms with E-state index < -0.39 is 11.8 Å². The summed E-state index contributed by atoms with van der Waals surface area (Å²) in [6.07, 6.45) is 1.50. The number of nitrogens with zero attached hydrogens (tertiary/aromatic N) is 1. The Kier molecular flexibility index (Phi) is 6.91. The summed E-state index contributed by atoms with van der Waals surface area (Å²) in [6, 6.07) is 11.9. The lowest BCUT2D eigenvalue weighted by Gasteiger charge is -2.13. The van der Waals surface area contributed by atoms with E-state index in [1.54, 1.807) is 6.92 Å². The highest BCUT2D eigenvalue weighted by Gasteiger charge is 2.10. The van der Waals surface area contributed by atoms with Gasteiger partial charge in [-0.2, -0.15) is 5.10 Å². The van der Waals surface area contributed by atoms with Crippen LogP contribution in [0.15, 0.2) is 46.0 Å². The van der Waals surface area contributed by atoms with Crippen LogP contribution in [0.1, 0.15) is 23.6 Å². The largest absolute Gasteiger partial charge is 0.355 e. The molecule has 3 N–H and O–H groups in total. The van der Waals surface area contributed by atoms with Gasteiger partial charge in [0.2, 0.25) is 0 Å². The van der Waals surface area contributed by atoms with Gasteiger partial charge in [-0.25, -0.2) is 5.43 Å². The normalized spacial score (nSPS) is 10.6. The number of carbonyl (C=O) groups excluding carboxylic acids is 2. The van der Waals surface area contributed by atoms with Crippen LogP contribution in [0.5, 0.6) is 0 Å². The van der Waals surface area contributed by atoms with Crippen molar-refractivity contribution in [1.29, 1.82) is 0 Å². The zero-order valence-corrected chi connectivity index (χ0v) is 16.5. The highest BCUT2D eigenvalue weighted by molar-refractivity contribution is 9.10. The van der Waals surface area contributed by atoms with E-state index in [9.17, 15) is 9.59 Å². The molecule has 0 aliphatic rings. The molecule has 0 radical (unpaired) electrons. The van der Waals surface area contributed by atoms with Crippen molar-refractivity contribution in [2.75, 3.05) is 11.9 Å². The van der Waals surface area contributed by atoms with Crippen LogP contribution in [0.2, 0.25) is 0 Å². The molecular formula is C19H21BrN4O2. The Morgan fingerprint density at radius 2 is 1.85 bits per heavy atom. The molecule has 0 atom stereocenters. The summed E-state index contributed by atoms with van der Waals surface area (Å²) in [4.78, 5) is 23.0. The predicted molar refractivity (Wildman–Crippen MR) is 108 cm³/mol. The summed E-state index contributed by atoms with van der Waals surface area (Å²) in [5, 5.41) is 9.68. The number of halogens is 1. The molecule has 26 heavy (non-hydrogen) atoms. The summed E-state index contributed by atoms with van der Waals surface area (Å²) < 4.78 is 0.875. The maximum Gasteiger partial charge on any atom is 0.329 e. The molecule has 0 bridgehead atoms. The smallest absolute Gasteiger partial charge is 0.329 e. The molecule has 2 aromatic carbocycles. The Bertz CT molecular complexity index is 849. The minimum atomic E-state index is -0.804. The van der Waals surface area contributed by atoms with Crippen LogP contribution >= 0.6 is 15.9 Å². The number of carbonyl (C=O) groups is 2. The fraction of sp³-hybridized carbons (Fsp3) is 0.211. The molecule has 0 saturated heterocycles. The first-order valence-electron chi connectivity index (χ1n) is 8.15. The number of rotatable bonds is 5. The second-order valence-corrected chi connectivity index (χ2v) is 6.65. The molecular weight excluding hydrogens is 396 g/mol. The van der Waals surface area contributed by atoms with Crippen molar-refractivity contribution in [2.24, 2.45) is 5.10 Å². The van der Waals surface area contributed by atoms with E-state index in [0.29, 0.717) is 6.54 Å². The van der Waals surface area contributed by atoms with Gasteiger partial charge < -0.3 is 10.6 Å². The van der Waals surface area contributed by atoms with Crippen LogP contribution in [0.25, 0.3) is 0 Å². The van der Waals surface area contributed by atoms with Crippen LogP contribution in [0, 0.1) is 13.8 Å². The molecule has 7 heteroatoms. The number of amides is 2. The zero-order chi connectivity index (χ0) is 19.1. The Balaban J connectivity index is 2.19. The highest BCUT2D eigenvalue weighted by atomic mass is 79.9. The molecule has 136 valence electrons. The third-order valence-electron chi connectivity index (χ3n) is 3.59. The van der Waals surface area contributed by atoms with Gasteiger partial charge in [-0.3, -0.25) is 9.59 Å². The van der Waals surface area contributed by atoms with Crippen LogP contribution in [-0.4, -0.2) is 24.6 Å². The summed E-state index contributed by atoms with van der Waals surface area (Å²) in [5.41, 5.74) is 7.08. The van der Waals surface area contributed by atoms with Gasteiger partial charge in [0.1, 0.15) is 0 Å². The van der Waals surface area contributed by atoms with Gasteiger partial charge in [0, 0.05) is 28.0 Å². The second-order valence-electron chi connectivity index (χ2n) is 5.73. The third-order valence-corrected chi connectivity index (χ3v) is 4.08. The summed E-state index contributed by atoms with van der Waals surface area (Å²) in [6.45, 7) is 6.18. The van der Waals surface area contributed by atoms with Gasteiger partial charge in [-0.1, -0.05) is 28.1 Å². The SMILES string of the molecule is CCNC(=O)C(=O)N/N=C\c1cc(Br)ccc1Nc1cc(C)ccc1C. The summed E-state index contributed by atoms with van der Waals surface area (Å²) >= 11 is 3.43. The first-order chi connectivity index (χ1) is 12.4. The number of nitrogens with one attached hydrogen (secondary N) is 3. The van der Waals surface area contributed by atoms with Crippen molar-refractivity contribution < 1.29 is 9.59 Å². The summed E-state index contributed by atoms with van der Waals surface area (Å²) in [7, 11) is 0. The fourth-order valence-corrected chi connectivity index (χ4v) is 2.60. The van der Waals surface area contributed by atoms with Crippen molar-refractivity contribution in [3.63, 3.8) is 0 Å². The zero-order valence-electron chi connectivity index (χ0n) is 14.9. The van der Waals surface area contributed by atoms with Gasteiger partial charge in [-0.15, -0.1) is 0 Å². The molecule has 6 nitrogen and oxygen atoms in total.